The maximum absolute atomic E-state index is 12.5. The van der Waals surface area contributed by atoms with Gasteiger partial charge in [-0.2, -0.15) is 0 Å². The zero-order chi connectivity index (χ0) is 19.4. The highest BCUT2D eigenvalue weighted by Gasteiger charge is 2.20. The predicted octanol–water partition coefficient (Wildman–Crippen LogP) is 3.30. The molecule has 0 spiro atoms. The number of carbonyl (C=O) groups excluding carboxylic acids is 1. The van der Waals surface area contributed by atoms with E-state index in [1.54, 1.807) is 4.68 Å². The van der Waals surface area contributed by atoms with Gasteiger partial charge in [0, 0.05) is 19.1 Å². The van der Waals surface area contributed by atoms with Crippen molar-refractivity contribution >= 4 is 5.91 Å². The Morgan fingerprint density at radius 2 is 2.07 bits per heavy atom. The number of hydrogen-bond donors (Lipinski definition) is 1. The summed E-state index contributed by atoms with van der Waals surface area (Å²) in [5, 5.41) is 7.46. The van der Waals surface area contributed by atoms with Crippen molar-refractivity contribution in [3.8, 4) is 5.69 Å². The van der Waals surface area contributed by atoms with Crippen molar-refractivity contribution in [1.29, 1.82) is 0 Å². The molecule has 0 radical (unpaired) electrons. The van der Waals surface area contributed by atoms with E-state index in [9.17, 15) is 4.79 Å². The van der Waals surface area contributed by atoms with Gasteiger partial charge in [0.05, 0.1) is 5.69 Å². The molecule has 0 saturated carbocycles. The normalized spacial score (nSPS) is 18.0. The minimum atomic E-state index is -0.205. The van der Waals surface area contributed by atoms with Crippen molar-refractivity contribution in [2.75, 3.05) is 19.6 Å². The van der Waals surface area contributed by atoms with Gasteiger partial charge in [0.25, 0.3) is 5.91 Å². The molecule has 6 heteroatoms. The second-order valence-electron chi connectivity index (χ2n) is 7.74. The summed E-state index contributed by atoms with van der Waals surface area (Å²) in [6.07, 6.45) is 3.80. The molecule has 1 unspecified atom stereocenters. The van der Waals surface area contributed by atoms with E-state index in [1.165, 1.54) is 24.8 Å². The molecule has 1 aromatic carbocycles. The number of aromatic nitrogens is 3. The molecule has 0 aliphatic carbocycles. The average molecular weight is 370 g/mol. The molecule has 0 bridgehead atoms. The number of piperidine rings is 1. The van der Waals surface area contributed by atoms with Gasteiger partial charge in [0.2, 0.25) is 5.82 Å². The number of rotatable bonds is 6. The third-order valence-electron chi connectivity index (χ3n) is 5.38. The van der Waals surface area contributed by atoms with Gasteiger partial charge in [-0.25, -0.2) is 9.67 Å². The van der Waals surface area contributed by atoms with Crippen molar-refractivity contribution in [2.24, 2.45) is 0 Å². The molecule has 1 aliphatic rings. The zero-order valence-corrected chi connectivity index (χ0v) is 16.9. The van der Waals surface area contributed by atoms with Crippen molar-refractivity contribution in [1.82, 2.24) is 25.0 Å². The number of carbonyl (C=O) groups is 1. The Bertz CT molecular complexity index is 783. The highest BCUT2D eigenvalue weighted by atomic mass is 16.2. The van der Waals surface area contributed by atoms with E-state index in [0.717, 1.165) is 24.6 Å². The maximum atomic E-state index is 12.5. The Hall–Kier alpha value is -2.21. The molecule has 1 fully saturated rings. The maximum Gasteiger partial charge on any atom is 0.291 e. The van der Waals surface area contributed by atoms with Crippen LogP contribution in [0, 0.1) is 6.92 Å². The Morgan fingerprint density at radius 1 is 1.30 bits per heavy atom. The molecule has 1 aromatic heterocycles. The van der Waals surface area contributed by atoms with Gasteiger partial charge < -0.3 is 5.32 Å². The summed E-state index contributed by atoms with van der Waals surface area (Å²) in [5.41, 5.74) is 2.18. The third-order valence-corrected chi connectivity index (χ3v) is 5.38. The molecular weight excluding hydrogens is 338 g/mol. The minimum absolute atomic E-state index is 0.205. The average Bonchev–Trinajstić information content (AvgIpc) is 3.05. The Balaban J connectivity index is 1.66. The lowest BCUT2D eigenvalue weighted by molar-refractivity contribution is 0.0928. The van der Waals surface area contributed by atoms with E-state index >= 15 is 0 Å². The highest BCUT2D eigenvalue weighted by molar-refractivity contribution is 5.90. The van der Waals surface area contributed by atoms with Gasteiger partial charge in [-0.1, -0.05) is 38.5 Å². The highest BCUT2D eigenvalue weighted by Crippen LogP contribution is 2.23. The van der Waals surface area contributed by atoms with Crippen LogP contribution >= 0.6 is 0 Å². The van der Waals surface area contributed by atoms with Gasteiger partial charge in [0.1, 0.15) is 5.82 Å². The van der Waals surface area contributed by atoms with Gasteiger partial charge in [-0.15, -0.1) is 5.10 Å². The van der Waals surface area contributed by atoms with Gasteiger partial charge in [-0.3, -0.25) is 9.69 Å². The SMILES string of the molecule is Cc1nc(C(=O)NCCN2CCCCC2C)nn1-c1ccccc1C(C)C. The summed E-state index contributed by atoms with van der Waals surface area (Å²) >= 11 is 0. The fourth-order valence-corrected chi connectivity index (χ4v) is 3.76. The smallest absolute Gasteiger partial charge is 0.291 e. The summed E-state index contributed by atoms with van der Waals surface area (Å²) in [6, 6.07) is 8.74. The molecule has 3 rings (SSSR count). The first-order chi connectivity index (χ1) is 13.0. The van der Waals surface area contributed by atoms with Crippen LogP contribution in [0.1, 0.15) is 68.0 Å². The monoisotopic (exact) mass is 369 g/mol. The van der Waals surface area contributed by atoms with Crippen LogP contribution in [0.2, 0.25) is 0 Å². The quantitative estimate of drug-likeness (QED) is 0.849. The van der Waals surface area contributed by atoms with Gasteiger partial charge in [-0.05, 0) is 50.8 Å². The summed E-state index contributed by atoms with van der Waals surface area (Å²) in [6.45, 7) is 11.1. The molecule has 1 aliphatic heterocycles. The van der Waals surface area contributed by atoms with Crippen LogP contribution in [-0.4, -0.2) is 51.2 Å². The lowest BCUT2D eigenvalue weighted by atomic mass is 10.0. The lowest BCUT2D eigenvalue weighted by Gasteiger charge is -2.33. The van der Waals surface area contributed by atoms with Crippen molar-refractivity contribution in [2.45, 2.75) is 58.9 Å². The number of nitrogens with one attached hydrogen (secondary N) is 1. The van der Waals surface area contributed by atoms with Crippen LogP contribution in [0.5, 0.6) is 0 Å². The molecule has 6 nitrogen and oxygen atoms in total. The van der Waals surface area contributed by atoms with Crippen LogP contribution in [-0.2, 0) is 0 Å². The summed E-state index contributed by atoms with van der Waals surface area (Å²) in [7, 11) is 0. The molecule has 1 saturated heterocycles. The number of likely N-dealkylation sites (tertiary alicyclic amines) is 1. The number of aryl methyl sites for hydroxylation is 1. The predicted molar refractivity (Wildman–Crippen MR) is 107 cm³/mol. The van der Waals surface area contributed by atoms with E-state index in [-0.39, 0.29) is 11.7 Å². The number of nitrogens with zero attached hydrogens (tertiary/aromatic N) is 4. The van der Waals surface area contributed by atoms with Gasteiger partial charge in [0.15, 0.2) is 0 Å². The Labute approximate surface area is 162 Å². The van der Waals surface area contributed by atoms with Crippen LogP contribution in [0.25, 0.3) is 5.69 Å². The fraction of sp³-hybridized carbons (Fsp3) is 0.571. The van der Waals surface area contributed by atoms with Crippen molar-refractivity contribution in [3.05, 3.63) is 41.5 Å². The molecule has 27 heavy (non-hydrogen) atoms. The number of benzene rings is 1. The number of para-hydroxylation sites is 1. The first kappa shape index (κ1) is 19.5. The van der Waals surface area contributed by atoms with Crippen molar-refractivity contribution < 1.29 is 4.79 Å². The molecule has 2 heterocycles. The Morgan fingerprint density at radius 3 is 2.81 bits per heavy atom. The van der Waals surface area contributed by atoms with Crippen LogP contribution in [0.15, 0.2) is 24.3 Å². The second kappa shape index (κ2) is 8.65. The minimum Gasteiger partial charge on any atom is -0.348 e. The first-order valence-electron chi connectivity index (χ1n) is 10.0. The van der Waals surface area contributed by atoms with E-state index in [0.29, 0.717) is 18.5 Å². The third kappa shape index (κ3) is 4.56. The van der Waals surface area contributed by atoms with E-state index in [1.807, 2.05) is 25.1 Å². The van der Waals surface area contributed by atoms with Crippen LogP contribution in [0.3, 0.4) is 0 Å². The summed E-state index contributed by atoms with van der Waals surface area (Å²) in [5.74, 6) is 1.12. The van der Waals surface area contributed by atoms with Crippen LogP contribution in [0.4, 0.5) is 0 Å². The van der Waals surface area contributed by atoms with E-state index < -0.39 is 0 Å². The van der Waals surface area contributed by atoms with E-state index in [2.05, 4.69) is 47.1 Å². The summed E-state index contributed by atoms with van der Waals surface area (Å²) in [4.78, 5) is 19.4. The number of amides is 1. The Kier molecular flexibility index (Phi) is 6.26. The largest absolute Gasteiger partial charge is 0.348 e. The zero-order valence-electron chi connectivity index (χ0n) is 16.9. The molecule has 146 valence electrons. The molecule has 1 amide bonds. The van der Waals surface area contributed by atoms with E-state index in [4.69, 9.17) is 0 Å². The molecular formula is C21H31N5O. The standard InChI is InChI=1S/C21H31N5O/c1-15(2)18-10-5-6-11-19(18)26-17(4)23-20(24-26)21(27)22-12-14-25-13-8-7-9-16(25)3/h5-6,10-11,15-16H,7-9,12-14H2,1-4H3,(H,22,27). The lowest BCUT2D eigenvalue weighted by Crippen LogP contribution is -2.42. The molecule has 1 atom stereocenters. The second-order valence-corrected chi connectivity index (χ2v) is 7.74. The molecule has 1 N–H and O–H groups in total. The fourth-order valence-electron chi connectivity index (χ4n) is 3.76. The summed E-state index contributed by atoms with van der Waals surface area (Å²) < 4.78 is 1.77. The van der Waals surface area contributed by atoms with Crippen molar-refractivity contribution in [3.63, 3.8) is 0 Å². The van der Waals surface area contributed by atoms with Gasteiger partial charge >= 0.3 is 0 Å². The first-order valence-corrected chi connectivity index (χ1v) is 10.0. The van der Waals surface area contributed by atoms with Crippen LogP contribution < -0.4 is 5.32 Å². The molecule has 2 aromatic rings. The topological polar surface area (TPSA) is 63.1 Å². The number of hydrogen-bond acceptors (Lipinski definition) is 4.